The van der Waals surface area contributed by atoms with Crippen molar-refractivity contribution >= 4 is 11.8 Å². The second-order valence-electron chi connectivity index (χ2n) is 5.95. The van der Waals surface area contributed by atoms with Crippen LogP contribution in [0, 0.1) is 5.92 Å². The van der Waals surface area contributed by atoms with Crippen LogP contribution in [-0.2, 0) is 22.7 Å². The summed E-state index contributed by atoms with van der Waals surface area (Å²) in [4.78, 5) is 27.7. The van der Waals surface area contributed by atoms with E-state index >= 15 is 0 Å². The van der Waals surface area contributed by atoms with Gasteiger partial charge in [-0.3, -0.25) is 9.59 Å². The van der Waals surface area contributed by atoms with Crippen molar-refractivity contribution in [1.82, 2.24) is 9.80 Å². The Morgan fingerprint density at radius 2 is 1.95 bits per heavy atom. The molecule has 5 heteroatoms. The molecule has 0 saturated carbocycles. The second-order valence-corrected chi connectivity index (χ2v) is 5.95. The Morgan fingerprint density at radius 3 is 2.71 bits per heavy atom. The predicted molar refractivity (Wildman–Crippen MR) is 77.3 cm³/mol. The molecule has 1 atom stereocenters. The van der Waals surface area contributed by atoms with Gasteiger partial charge in [0.2, 0.25) is 11.8 Å². The number of hydrogen-bond acceptors (Lipinski definition) is 3. The smallest absolute Gasteiger partial charge is 0.228 e. The highest BCUT2D eigenvalue weighted by atomic mass is 16.3. The maximum Gasteiger partial charge on any atom is 0.228 e. The van der Waals surface area contributed by atoms with Crippen LogP contribution < -0.4 is 0 Å². The largest absolute Gasteiger partial charge is 0.508 e. The minimum absolute atomic E-state index is 0.0436. The minimum Gasteiger partial charge on any atom is -0.508 e. The van der Waals surface area contributed by atoms with Crippen LogP contribution in [0.2, 0.25) is 0 Å². The molecule has 1 aromatic carbocycles. The summed E-state index contributed by atoms with van der Waals surface area (Å²) in [6.45, 7) is 4.00. The Hall–Kier alpha value is -2.04. The van der Waals surface area contributed by atoms with Crippen LogP contribution in [0.25, 0.3) is 0 Å². The molecule has 5 nitrogen and oxygen atoms in total. The quantitative estimate of drug-likeness (QED) is 0.851. The van der Waals surface area contributed by atoms with Crippen LogP contribution in [0.3, 0.4) is 0 Å². The molecule has 0 aromatic heterocycles. The van der Waals surface area contributed by atoms with E-state index in [1.54, 1.807) is 24.0 Å². The van der Waals surface area contributed by atoms with Crippen molar-refractivity contribution in [1.29, 1.82) is 0 Å². The molecule has 1 N–H and O–H groups in total. The lowest BCUT2D eigenvalue weighted by Gasteiger charge is -2.33. The van der Waals surface area contributed by atoms with E-state index in [1.165, 1.54) is 0 Å². The van der Waals surface area contributed by atoms with E-state index in [2.05, 4.69) is 0 Å². The van der Waals surface area contributed by atoms with Crippen molar-refractivity contribution in [2.75, 3.05) is 13.1 Å². The summed E-state index contributed by atoms with van der Waals surface area (Å²) >= 11 is 0. The number of rotatable bonds is 1. The molecular weight excluding hydrogens is 268 g/mol. The van der Waals surface area contributed by atoms with Crippen LogP contribution in [0.4, 0.5) is 0 Å². The maximum absolute atomic E-state index is 12.6. The molecular formula is C16H20N2O3. The second kappa shape index (κ2) is 5.39. The number of hydrogen-bond donors (Lipinski definition) is 1. The van der Waals surface area contributed by atoms with Gasteiger partial charge in [0.25, 0.3) is 0 Å². The number of aromatic hydroxyl groups is 1. The van der Waals surface area contributed by atoms with E-state index in [0.29, 0.717) is 19.6 Å². The standard InChI is InChI=1S/C16H20N2O3/c1-11(19)17-6-2-3-13(9-17)16(21)18-8-12-4-5-15(20)7-14(12)10-18/h4-5,7,13,20H,2-3,6,8-10H2,1H3. The molecule has 2 aliphatic rings. The molecule has 2 aliphatic heterocycles. The van der Waals surface area contributed by atoms with Gasteiger partial charge in [-0.25, -0.2) is 0 Å². The van der Waals surface area contributed by atoms with Gasteiger partial charge in [-0.05, 0) is 36.1 Å². The lowest BCUT2D eigenvalue weighted by Crippen LogP contribution is -2.44. The normalized spacial score (nSPS) is 21.3. The fraction of sp³-hybridized carbons (Fsp3) is 0.500. The lowest BCUT2D eigenvalue weighted by atomic mass is 9.96. The SMILES string of the molecule is CC(=O)N1CCCC(C(=O)N2Cc3ccc(O)cc3C2)C1. The molecule has 21 heavy (non-hydrogen) atoms. The highest BCUT2D eigenvalue weighted by molar-refractivity contribution is 5.81. The van der Waals surface area contributed by atoms with Gasteiger partial charge >= 0.3 is 0 Å². The molecule has 2 amide bonds. The molecule has 0 aliphatic carbocycles. The third-order valence-electron chi connectivity index (χ3n) is 4.44. The minimum atomic E-state index is -0.0921. The molecule has 1 saturated heterocycles. The first-order valence-electron chi connectivity index (χ1n) is 7.39. The van der Waals surface area contributed by atoms with Gasteiger partial charge in [0.15, 0.2) is 0 Å². The van der Waals surface area contributed by atoms with Crippen LogP contribution in [-0.4, -0.2) is 39.8 Å². The van der Waals surface area contributed by atoms with Gasteiger partial charge in [-0.2, -0.15) is 0 Å². The Labute approximate surface area is 124 Å². The van der Waals surface area contributed by atoms with Crippen molar-refractivity contribution in [2.45, 2.75) is 32.9 Å². The topological polar surface area (TPSA) is 60.9 Å². The number of piperidine rings is 1. The van der Waals surface area contributed by atoms with E-state index in [-0.39, 0.29) is 23.5 Å². The fourth-order valence-corrected chi connectivity index (χ4v) is 3.26. The first-order valence-corrected chi connectivity index (χ1v) is 7.39. The van der Waals surface area contributed by atoms with E-state index in [4.69, 9.17) is 0 Å². The zero-order chi connectivity index (χ0) is 15.0. The van der Waals surface area contributed by atoms with Crippen molar-refractivity contribution in [3.63, 3.8) is 0 Å². The molecule has 0 radical (unpaired) electrons. The number of nitrogens with zero attached hydrogens (tertiary/aromatic N) is 2. The number of carbonyl (C=O) groups is 2. The van der Waals surface area contributed by atoms with E-state index in [0.717, 1.165) is 30.5 Å². The predicted octanol–water partition coefficient (Wildman–Crippen LogP) is 1.49. The molecule has 3 rings (SSSR count). The van der Waals surface area contributed by atoms with Gasteiger partial charge in [0, 0.05) is 33.1 Å². The first-order chi connectivity index (χ1) is 10.0. The third-order valence-corrected chi connectivity index (χ3v) is 4.44. The fourth-order valence-electron chi connectivity index (χ4n) is 3.26. The summed E-state index contributed by atoms with van der Waals surface area (Å²) in [7, 11) is 0. The number of phenols is 1. The molecule has 112 valence electrons. The molecule has 1 fully saturated rings. The number of amides is 2. The highest BCUT2D eigenvalue weighted by Gasteiger charge is 2.32. The molecule has 0 spiro atoms. The van der Waals surface area contributed by atoms with Crippen molar-refractivity contribution in [2.24, 2.45) is 5.92 Å². The average molecular weight is 288 g/mol. The molecule has 1 aromatic rings. The van der Waals surface area contributed by atoms with Gasteiger partial charge in [-0.15, -0.1) is 0 Å². The number of carbonyl (C=O) groups excluding carboxylic acids is 2. The first kappa shape index (κ1) is 13.9. The van der Waals surface area contributed by atoms with Crippen LogP contribution in [0.15, 0.2) is 18.2 Å². The summed E-state index contributed by atoms with van der Waals surface area (Å²) in [5.41, 5.74) is 2.11. The number of phenolic OH excluding ortho intramolecular Hbond substituents is 1. The zero-order valence-electron chi connectivity index (χ0n) is 12.2. The van der Waals surface area contributed by atoms with E-state index in [1.807, 2.05) is 11.0 Å². The van der Waals surface area contributed by atoms with Crippen molar-refractivity contribution < 1.29 is 14.7 Å². The lowest BCUT2D eigenvalue weighted by molar-refractivity contribution is -0.140. The average Bonchev–Trinajstić information content (AvgIpc) is 2.89. The van der Waals surface area contributed by atoms with Crippen molar-refractivity contribution in [3.05, 3.63) is 29.3 Å². The zero-order valence-corrected chi connectivity index (χ0v) is 12.2. The number of benzene rings is 1. The summed E-state index contributed by atoms with van der Waals surface area (Å²) in [5.74, 6) is 0.313. The van der Waals surface area contributed by atoms with Crippen LogP contribution in [0.5, 0.6) is 5.75 Å². The highest BCUT2D eigenvalue weighted by Crippen LogP contribution is 2.29. The van der Waals surface area contributed by atoms with Gasteiger partial charge in [0.1, 0.15) is 5.75 Å². The molecule has 2 heterocycles. The van der Waals surface area contributed by atoms with Gasteiger partial charge < -0.3 is 14.9 Å². The van der Waals surface area contributed by atoms with Gasteiger partial charge in [0.05, 0.1) is 5.92 Å². The molecule has 0 bridgehead atoms. The summed E-state index contributed by atoms with van der Waals surface area (Å²) in [6, 6.07) is 5.26. The van der Waals surface area contributed by atoms with Crippen LogP contribution >= 0.6 is 0 Å². The van der Waals surface area contributed by atoms with E-state index < -0.39 is 0 Å². The Kier molecular flexibility index (Phi) is 3.57. The Balaban J connectivity index is 1.68. The Morgan fingerprint density at radius 1 is 1.19 bits per heavy atom. The number of likely N-dealkylation sites (tertiary alicyclic amines) is 1. The summed E-state index contributed by atoms with van der Waals surface area (Å²) in [6.07, 6.45) is 1.73. The Bertz CT molecular complexity index is 585. The summed E-state index contributed by atoms with van der Waals surface area (Å²) < 4.78 is 0. The number of fused-ring (bicyclic) bond motifs is 1. The van der Waals surface area contributed by atoms with Crippen LogP contribution in [0.1, 0.15) is 30.9 Å². The van der Waals surface area contributed by atoms with E-state index in [9.17, 15) is 14.7 Å². The monoisotopic (exact) mass is 288 g/mol. The summed E-state index contributed by atoms with van der Waals surface area (Å²) in [5, 5.41) is 9.52. The van der Waals surface area contributed by atoms with Gasteiger partial charge in [-0.1, -0.05) is 6.07 Å². The maximum atomic E-state index is 12.6. The molecule has 1 unspecified atom stereocenters. The third kappa shape index (κ3) is 2.73. The van der Waals surface area contributed by atoms with Crippen molar-refractivity contribution in [3.8, 4) is 5.75 Å².